The molecule has 4 rings (SSSR count). The zero-order valence-electron chi connectivity index (χ0n) is 18.5. The van der Waals surface area contributed by atoms with Crippen molar-refractivity contribution in [3.8, 4) is 0 Å². The van der Waals surface area contributed by atoms with Gasteiger partial charge in [0.1, 0.15) is 5.82 Å². The van der Waals surface area contributed by atoms with E-state index in [9.17, 15) is 14.0 Å². The molecule has 0 spiro atoms. The Labute approximate surface area is 202 Å². The van der Waals surface area contributed by atoms with Crippen molar-refractivity contribution >= 4 is 34.8 Å². The third kappa shape index (κ3) is 5.89. The molecule has 176 valence electrons. The fourth-order valence-electron chi connectivity index (χ4n) is 3.99. The molecule has 0 aliphatic carbocycles. The molecule has 1 aromatic heterocycles. The van der Waals surface area contributed by atoms with Gasteiger partial charge in [0.15, 0.2) is 0 Å². The first-order valence-electron chi connectivity index (χ1n) is 11.0. The van der Waals surface area contributed by atoms with E-state index in [1.807, 2.05) is 30.3 Å². The molecule has 1 saturated heterocycles. The highest BCUT2D eigenvalue weighted by Gasteiger charge is 2.27. The van der Waals surface area contributed by atoms with Crippen LogP contribution in [0.4, 0.5) is 15.8 Å². The number of carbonyl (C=O) groups excluding carboxylic acids is 2. The average molecular weight is 482 g/mol. The van der Waals surface area contributed by atoms with Crippen molar-refractivity contribution in [3.05, 3.63) is 89.5 Å². The van der Waals surface area contributed by atoms with Gasteiger partial charge in [-0.3, -0.25) is 19.5 Å². The summed E-state index contributed by atoms with van der Waals surface area (Å²) in [6.45, 7) is 3.53. The van der Waals surface area contributed by atoms with Gasteiger partial charge < -0.3 is 15.5 Å². The second kappa shape index (κ2) is 11.1. The molecule has 0 unspecified atom stereocenters. The van der Waals surface area contributed by atoms with Gasteiger partial charge in [-0.2, -0.15) is 0 Å². The Hall–Kier alpha value is -3.49. The van der Waals surface area contributed by atoms with Crippen molar-refractivity contribution < 1.29 is 14.0 Å². The number of para-hydroxylation sites is 1. The van der Waals surface area contributed by atoms with Crippen LogP contribution in [-0.2, 0) is 9.59 Å². The molecule has 0 radical (unpaired) electrons. The zero-order chi connectivity index (χ0) is 23.9. The van der Waals surface area contributed by atoms with Crippen LogP contribution in [0.1, 0.15) is 11.6 Å². The lowest BCUT2D eigenvalue weighted by atomic mass is 10.1. The minimum atomic E-state index is -0.846. The van der Waals surface area contributed by atoms with Crippen LogP contribution in [0.5, 0.6) is 0 Å². The molecule has 0 saturated carbocycles. The van der Waals surface area contributed by atoms with Gasteiger partial charge in [-0.05, 0) is 42.0 Å². The minimum Gasteiger partial charge on any atom is -0.369 e. The first-order chi connectivity index (χ1) is 16.5. The number of anilines is 2. The Morgan fingerprint density at radius 2 is 1.76 bits per heavy atom. The molecule has 1 atom stereocenters. The number of aromatic nitrogens is 1. The van der Waals surface area contributed by atoms with E-state index < -0.39 is 17.6 Å². The number of pyridine rings is 1. The maximum absolute atomic E-state index is 13.3. The van der Waals surface area contributed by atoms with Gasteiger partial charge >= 0.3 is 11.8 Å². The number of benzene rings is 2. The number of amides is 2. The summed E-state index contributed by atoms with van der Waals surface area (Å²) in [6, 6.07) is 17.7. The van der Waals surface area contributed by atoms with E-state index in [2.05, 4.69) is 37.6 Å². The number of piperazine rings is 1. The highest BCUT2D eigenvalue weighted by Crippen LogP contribution is 2.24. The standard InChI is InChI=1S/C25H25ClFN5O2/c26-21-15-19(8-9-22(21)27)30-25(34)24(33)29-17-23(18-5-4-10-28-16-18)32-13-11-31(12-14-32)20-6-2-1-3-7-20/h1-10,15-16,23H,11-14,17H2,(H,29,33)(H,30,34)/t23-/m0/s1. The first kappa shape index (κ1) is 23.7. The van der Waals surface area contributed by atoms with E-state index in [4.69, 9.17) is 11.6 Å². The number of nitrogens with one attached hydrogen (secondary N) is 2. The summed E-state index contributed by atoms with van der Waals surface area (Å²) in [4.78, 5) is 33.7. The number of carbonyl (C=O) groups is 2. The normalized spacial score (nSPS) is 14.9. The van der Waals surface area contributed by atoms with Gasteiger partial charge in [-0.25, -0.2) is 4.39 Å². The van der Waals surface area contributed by atoms with Crippen LogP contribution in [0.15, 0.2) is 73.1 Å². The van der Waals surface area contributed by atoms with Crippen molar-refractivity contribution in [3.63, 3.8) is 0 Å². The summed E-state index contributed by atoms with van der Waals surface area (Å²) in [5.74, 6) is -2.23. The lowest BCUT2D eigenvalue weighted by Crippen LogP contribution is -2.50. The molecule has 2 N–H and O–H groups in total. The van der Waals surface area contributed by atoms with Crippen LogP contribution in [0.3, 0.4) is 0 Å². The monoisotopic (exact) mass is 481 g/mol. The smallest absolute Gasteiger partial charge is 0.313 e. The Bertz CT molecular complexity index is 1120. The van der Waals surface area contributed by atoms with Gasteiger partial charge in [-0.15, -0.1) is 0 Å². The second-order valence-corrected chi connectivity index (χ2v) is 8.36. The highest BCUT2D eigenvalue weighted by atomic mass is 35.5. The Morgan fingerprint density at radius 3 is 2.44 bits per heavy atom. The Morgan fingerprint density at radius 1 is 1.00 bits per heavy atom. The third-order valence-electron chi connectivity index (χ3n) is 5.79. The molecule has 0 bridgehead atoms. The summed E-state index contributed by atoms with van der Waals surface area (Å²) in [6.07, 6.45) is 3.48. The lowest BCUT2D eigenvalue weighted by molar-refractivity contribution is -0.136. The van der Waals surface area contributed by atoms with Crippen molar-refractivity contribution in [2.75, 3.05) is 42.9 Å². The minimum absolute atomic E-state index is 0.135. The molecule has 1 fully saturated rings. The lowest BCUT2D eigenvalue weighted by Gasteiger charge is -2.40. The van der Waals surface area contributed by atoms with Crippen LogP contribution >= 0.6 is 11.6 Å². The molecule has 9 heteroatoms. The molecule has 2 heterocycles. The topological polar surface area (TPSA) is 77.6 Å². The summed E-state index contributed by atoms with van der Waals surface area (Å²) in [7, 11) is 0. The van der Waals surface area contributed by atoms with E-state index in [-0.39, 0.29) is 23.3 Å². The van der Waals surface area contributed by atoms with Crippen molar-refractivity contribution in [2.45, 2.75) is 6.04 Å². The van der Waals surface area contributed by atoms with E-state index >= 15 is 0 Å². The molecule has 34 heavy (non-hydrogen) atoms. The van der Waals surface area contributed by atoms with Gasteiger partial charge in [0.2, 0.25) is 0 Å². The molecular formula is C25H25ClFN5O2. The molecular weight excluding hydrogens is 457 g/mol. The zero-order valence-corrected chi connectivity index (χ0v) is 19.2. The van der Waals surface area contributed by atoms with Crippen LogP contribution < -0.4 is 15.5 Å². The van der Waals surface area contributed by atoms with Crippen LogP contribution in [0.25, 0.3) is 0 Å². The molecule has 7 nitrogen and oxygen atoms in total. The number of halogens is 2. The molecule has 2 aromatic carbocycles. The SMILES string of the molecule is O=C(NC[C@@H](c1cccnc1)N1CCN(c2ccccc2)CC1)C(=O)Nc1ccc(F)c(Cl)c1. The largest absolute Gasteiger partial charge is 0.369 e. The van der Waals surface area contributed by atoms with Crippen LogP contribution in [0, 0.1) is 5.82 Å². The third-order valence-corrected chi connectivity index (χ3v) is 6.07. The maximum atomic E-state index is 13.3. The van der Waals surface area contributed by atoms with Gasteiger partial charge in [-0.1, -0.05) is 35.9 Å². The fourth-order valence-corrected chi connectivity index (χ4v) is 4.17. The summed E-state index contributed by atoms with van der Waals surface area (Å²) in [5.41, 5.74) is 2.39. The summed E-state index contributed by atoms with van der Waals surface area (Å²) < 4.78 is 13.3. The molecule has 1 aliphatic heterocycles. The summed E-state index contributed by atoms with van der Waals surface area (Å²) >= 11 is 5.74. The Kier molecular flexibility index (Phi) is 7.72. The van der Waals surface area contributed by atoms with Crippen molar-refractivity contribution in [1.29, 1.82) is 0 Å². The van der Waals surface area contributed by atoms with E-state index in [1.165, 1.54) is 17.8 Å². The Balaban J connectivity index is 1.38. The maximum Gasteiger partial charge on any atom is 0.313 e. The second-order valence-electron chi connectivity index (χ2n) is 7.95. The van der Waals surface area contributed by atoms with Gasteiger partial charge in [0, 0.05) is 56.5 Å². The predicted molar refractivity (Wildman–Crippen MR) is 130 cm³/mol. The predicted octanol–water partition coefficient (Wildman–Crippen LogP) is 3.49. The van der Waals surface area contributed by atoms with Crippen LogP contribution in [-0.4, -0.2) is 54.4 Å². The quantitative estimate of drug-likeness (QED) is 0.527. The molecule has 1 aliphatic rings. The van der Waals surface area contributed by atoms with Crippen molar-refractivity contribution in [1.82, 2.24) is 15.2 Å². The van der Waals surface area contributed by atoms with E-state index in [0.717, 1.165) is 37.8 Å². The number of nitrogens with zero attached hydrogens (tertiary/aromatic N) is 3. The van der Waals surface area contributed by atoms with Gasteiger partial charge in [0.25, 0.3) is 0 Å². The van der Waals surface area contributed by atoms with E-state index in [0.29, 0.717) is 0 Å². The van der Waals surface area contributed by atoms with Crippen molar-refractivity contribution in [2.24, 2.45) is 0 Å². The molecule has 3 aromatic rings. The van der Waals surface area contributed by atoms with Gasteiger partial charge in [0.05, 0.1) is 11.1 Å². The average Bonchev–Trinajstić information content (AvgIpc) is 2.88. The molecule has 2 amide bonds. The van der Waals surface area contributed by atoms with E-state index in [1.54, 1.807) is 12.4 Å². The summed E-state index contributed by atoms with van der Waals surface area (Å²) in [5, 5.41) is 5.03. The number of rotatable bonds is 6. The first-order valence-corrected chi connectivity index (χ1v) is 11.4. The number of hydrogen-bond acceptors (Lipinski definition) is 5. The number of hydrogen-bond donors (Lipinski definition) is 2. The van der Waals surface area contributed by atoms with Crippen LogP contribution in [0.2, 0.25) is 5.02 Å². The fraction of sp³-hybridized carbons (Fsp3) is 0.240. The highest BCUT2D eigenvalue weighted by molar-refractivity contribution is 6.39.